The van der Waals surface area contributed by atoms with Crippen LogP contribution in [0.25, 0.3) is 0 Å². The van der Waals surface area contributed by atoms with Gasteiger partial charge in [-0.2, -0.15) is 0 Å². The summed E-state index contributed by atoms with van der Waals surface area (Å²) in [5, 5.41) is 8.99. The third kappa shape index (κ3) is 2.19. The number of fused-ring (bicyclic) bond motifs is 1. The van der Waals surface area contributed by atoms with Crippen LogP contribution in [0.2, 0.25) is 0 Å². The Kier molecular flexibility index (Phi) is 3.05. The molecule has 5 heteroatoms. The minimum Gasteiger partial charge on any atom is -0.748 e. The van der Waals surface area contributed by atoms with Crippen molar-refractivity contribution in [3.8, 4) is 0 Å². The van der Waals surface area contributed by atoms with Crippen LogP contribution < -0.4 is 0 Å². The van der Waals surface area contributed by atoms with Crippen LogP contribution in [0.3, 0.4) is 0 Å². The van der Waals surface area contributed by atoms with Crippen molar-refractivity contribution in [2.24, 2.45) is 11.8 Å². The van der Waals surface area contributed by atoms with Gasteiger partial charge in [0.15, 0.2) is 0 Å². The zero-order chi connectivity index (χ0) is 11.1. The molecule has 0 aliphatic heterocycles. The first kappa shape index (κ1) is 11.4. The van der Waals surface area contributed by atoms with Crippen LogP contribution in [-0.4, -0.2) is 29.4 Å². The molecule has 0 saturated heterocycles. The highest BCUT2D eigenvalue weighted by Crippen LogP contribution is 2.42. The first-order valence-electron chi connectivity index (χ1n) is 5.63. The highest BCUT2D eigenvalue weighted by atomic mass is 32.2. The van der Waals surface area contributed by atoms with Gasteiger partial charge in [-0.3, -0.25) is 0 Å². The van der Waals surface area contributed by atoms with E-state index in [-0.39, 0.29) is 11.8 Å². The van der Waals surface area contributed by atoms with E-state index in [1.165, 1.54) is 0 Å². The van der Waals surface area contributed by atoms with Crippen molar-refractivity contribution in [1.82, 2.24) is 0 Å². The molecule has 2 aliphatic carbocycles. The molecule has 4 unspecified atom stereocenters. The van der Waals surface area contributed by atoms with Gasteiger partial charge in [0.1, 0.15) is 0 Å². The lowest BCUT2D eigenvalue weighted by atomic mass is 9.69. The van der Waals surface area contributed by atoms with Crippen molar-refractivity contribution in [3.63, 3.8) is 0 Å². The Balaban J connectivity index is 2.24. The molecule has 0 amide bonds. The van der Waals surface area contributed by atoms with E-state index in [1.807, 2.05) is 0 Å². The van der Waals surface area contributed by atoms with E-state index in [4.69, 9.17) is 0 Å². The van der Waals surface area contributed by atoms with Gasteiger partial charge in [-0.1, -0.05) is 19.3 Å². The molecule has 15 heavy (non-hydrogen) atoms. The van der Waals surface area contributed by atoms with Crippen LogP contribution in [0.5, 0.6) is 0 Å². The third-order valence-corrected chi connectivity index (χ3v) is 5.22. The zero-order valence-electron chi connectivity index (χ0n) is 8.63. The molecule has 4 nitrogen and oxygen atoms in total. The summed E-state index contributed by atoms with van der Waals surface area (Å²) in [5.41, 5.74) is 0. The molecule has 0 heterocycles. The summed E-state index contributed by atoms with van der Waals surface area (Å²) >= 11 is 0. The Hall–Kier alpha value is -0.130. The van der Waals surface area contributed by atoms with E-state index >= 15 is 0 Å². The second kappa shape index (κ2) is 4.03. The minimum atomic E-state index is -4.24. The molecule has 0 spiro atoms. The van der Waals surface area contributed by atoms with E-state index in [9.17, 15) is 18.1 Å². The molecular formula is C10H17O4S-. The Morgan fingerprint density at radius 2 is 1.67 bits per heavy atom. The number of hydrogen-bond donors (Lipinski definition) is 1. The summed E-state index contributed by atoms with van der Waals surface area (Å²) in [6.45, 7) is 0. The van der Waals surface area contributed by atoms with Crippen molar-refractivity contribution in [1.29, 1.82) is 0 Å². The highest BCUT2D eigenvalue weighted by Gasteiger charge is 2.42. The summed E-state index contributed by atoms with van der Waals surface area (Å²) in [7, 11) is -4.24. The van der Waals surface area contributed by atoms with Gasteiger partial charge in [-0.25, -0.2) is 8.42 Å². The van der Waals surface area contributed by atoms with Crippen LogP contribution in [0.4, 0.5) is 0 Å². The first-order chi connectivity index (χ1) is 7.00. The summed E-state index contributed by atoms with van der Waals surface area (Å²) in [6.07, 6.45) is 4.19. The SMILES string of the molecule is O=S(=O)([O-])C1CCCC2CCCC(O)C21. The van der Waals surface area contributed by atoms with E-state index in [0.717, 1.165) is 25.7 Å². The first-order valence-corrected chi connectivity index (χ1v) is 7.10. The topological polar surface area (TPSA) is 77.4 Å². The molecule has 2 saturated carbocycles. The predicted octanol–water partition coefficient (Wildman–Crippen LogP) is 0.861. The van der Waals surface area contributed by atoms with Crippen LogP contribution in [0.15, 0.2) is 0 Å². The Morgan fingerprint density at radius 3 is 2.27 bits per heavy atom. The van der Waals surface area contributed by atoms with Crippen molar-refractivity contribution in [2.45, 2.75) is 49.9 Å². The monoisotopic (exact) mass is 233 g/mol. The summed E-state index contributed by atoms with van der Waals surface area (Å²) in [4.78, 5) is 0. The molecule has 0 aromatic carbocycles. The molecule has 0 bridgehead atoms. The molecule has 4 atom stereocenters. The second-order valence-electron chi connectivity index (χ2n) is 4.80. The molecular weight excluding hydrogens is 216 g/mol. The molecule has 0 aromatic rings. The summed E-state index contributed by atoms with van der Waals surface area (Å²) in [5.74, 6) is -0.0498. The highest BCUT2D eigenvalue weighted by molar-refractivity contribution is 7.86. The lowest BCUT2D eigenvalue weighted by Crippen LogP contribution is -2.46. The predicted molar refractivity (Wildman–Crippen MR) is 54.2 cm³/mol. The van der Waals surface area contributed by atoms with E-state index < -0.39 is 21.5 Å². The fourth-order valence-electron chi connectivity index (χ4n) is 3.29. The van der Waals surface area contributed by atoms with E-state index in [1.54, 1.807) is 0 Å². The molecule has 88 valence electrons. The van der Waals surface area contributed by atoms with Gasteiger partial charge in [0, 0.05) is 5.92 Å². The summed E-state index contributed by atoms with van der Waals surface area (Å²) < 4.78 is 33.4. The molecule has 2 rings (SSSR count). The Labute approximate surface area is 90.4 Å². The van der Waals surface area contributed by atoms with Gasteiger partial charge in [-0.15, -0.1) is 0 Å². The fraction of sp³-hybridized carbons (Fsp3) is 1.00. The van der Waals surface area contributed by atoms with Crippen molar-refractivity contribution in [2.75, 3.05) is 0 Å². The van der Waals surface area contributed by atoms with E-state index in [2.05, 4.69) is 0 Å². The normalized spacial score (nSPS) is 42.3. The second-order valence-corrected chi connectivity index (χ2v) is 6.39. The van der Waals surface area contributed by atoms with Crippen molar-refractivity contribution >= 4 is 10.1 Å². The van der Waals surface area contributed by atoms with Gasteiger partial charge in [0.05, 0.1) is 21.5 Å². The molecule has 0 aromatic heterocycles. The van der Waals surface area contributed by atoms with Crippen LogP contribution in [-0.2, 0) is 10.1 Å². The lowest BCUT2D eigenvalue weighted by molar-refractivity contribution is 0.0113. The zero-order valence-corrected chi connectivity index (χ0v) is 9.45. The van der Waals surface area contributed by atoms with Gasteiger partial charge in [0.25, 0.3) is 0 Å². The number of rotatable bonds is 1. The third-order valence-electron chi connectivity index (χ3n) is 3.93. The summed E-state index contributed by atoms with van der Waals surface area (Å²) in [6, 6.07) is 0. The van der Waals surface area contributed by atoms with Crippen LogP contribution in [0, 0.1) is 11.8 Å². The quantitative estimate of drug-likeness (QED) is 0.681. The average molecular weight is 233 g/mol. The smallest absolute Gasteiger partial charge is 0.0979 e. The molecule has 0 radical (unpaired) electrons. The van der Waals surface area contributed by atoms with Crippen LogP contribution in [0.1, 0.15) is 38.5 Å². The molecule has 2 aliphatic rings. The fourth-order valence-corrected chi connectivity index (χ4v) is 4.53. The standard InChI is InChI=1S/C10H18O4S/c11-8-5-1-3-7-4-2-6-9(10(7)8)15(12,13)14/h7-11H,1-6H2,(H,12,13,14)/p-1. The van der Waals surface area contributed by atoms with Gasteiger partial charge < -0.3 is 9.66 Å². The van der Waals surface area contributed by atoms with Gasteiger partial charge >= 0.3 is 0 Å². The number of aliphatic hydroxyl groups excluding tert-OH is 1. The van der Waals surface area contributed by atoms with Crippen LogP contribution >= 0.6 is 0 Å². The average Bonchev–Trinajstić information content (AvgIpc) is 2.16. The Bertz CT molecular complexity index is 322. The molecule has 1 N–H and O–H groups in total. The number of hydrogen-bond acceptors (Lipinski definition) is 4. The largest absolute Gasteiger partial charge is 0.748 e. The maximum absolute atomic E-state index is 11.1. The van der Waals surface area contributed by atoms with Crippen molar-refractivity contribution < 1.29 is 18.1 Å². The van der Waals surface area contributed by atoms with Crippen molar-refractivity contribution in [3.05, 3.63) is 0 Å². The number of aliphatic hydroxyl groups is 1. The Morgan fingerprint density at radius 1 is 1.07 bits per heavy atom. The maximum Gasteiger partial charge on any atom is 0.0979 e. The van der Waals surface area contributed by atoms with E-state index in [0.29, 0.717) is 12.8 Å². The minimum absolute atomic E-state index is 0.247. The maximum atomic E-state index is 11.1. The molecule has 2 fully saturated rings. The lowest BCUT2D eigenvalue weighted by Gasteiger charge is -2.44. The van der Waals surface area contributed by atoms with Gasteiger partial charge in [0.2, 0.25) is 0 Å². The van der Waals surface area contributed by atoms with Gasteiger partial charge in [-0.05, 0) is 25.2 Å².